The molecule has 1 aromatic carbocycles. The van der Waals surface area contributed by atoms with E-state index in [4.69, 9.17) is 16.9 Å². The number of halogens is 1. The molecule has 0 radical (unpaired) electrons. The maximum Gasteiger partial charge on any atom is 0.130 e. The number of nitriles is 1. The van der Waals surface area contributed by atoms with Crippen molar-refractivity contribution < 1.29 is 0 Å². The average molecular weight is 238 g/mol. The van der Waals surface area contributed by atoms with E-state index in [1.165, 1.54) is 0 Å². The van der Waals surface area contributed by atoms with Crippen molar-refractivity contribution in [3.05, 3.63) is 39.8 Å². The van der Waals surface area contributed by atoms with Crippen LogP contribution in [0.4, 0.5) is 0 Å². The van der Waals surface area contributed by atoms with Crippen LogP contribution in [0.3, 0.4) is 0 Å². The van der Waals surface area contributed by atoms with Crippen LogP contribution in [0.15, 0.2) is 29.4 Å². The molecule has 0 aliphatic carbocycles. The van der Waals surface area contributed by atoms with Crippen molar-refractivity contribution in [1.29, 1.82) is 5.26 Å². The molecule has 5 heteroatoms. The van der Waals surface area contributed by atoms with Gasteiger partial charge in [0.2, 0.25) is 0 Å². The van der Waals surface area contributed by atoms with Crippen LogP contribution in [0.5, 0.6) is 0 Å². The largest absolute Gasteiger partial charge is 0.291 e. The summed E-state index contributed by atoms with van der Waals surface area (Å²) in [4.78, 5) is 12.5. The number of benzene rings is 1. The predicted octanol–water partition coefficient (Wildman–Crippen LogP) is 2.60. The lowest BCUT2D eigenvalue weighted by atomic mass is 10.1. The Morgan fingerprint density at radius 1 is 1.62 bits per heavy atom. The third-order valence-corrected chi connectivity index (χ3v) is 2.42. The monoisotopic (exact) mass is 237 g/mol. The van der Waals surface area contributed by atoms with Crippen LogP contribution < -0.4 is 0 Å². The zero-order valence-electron chi connectivity index (χ0n) is 8.93. The van der Waals surface area contributed by atoms with Crippen LogP contribution in [0, 0.1) is 16.2 Å². The van der Waals surface area contributed by atoms with E-state index in [2.05, 4.69) is 5.18 Å². The van der Waals surface area contributed by atoms with Gasteiger partial charge in [0.25, 0.3) is 0 Å². The van der Waals surface area contributed by atoms with Gasteiger partial charge < -0.3 is 0 Å². The van der Waals surface area contributed by atoms with Gasteiger partial charge in [-0.3, -0.25) is 4.90 Å². The average Bonchev–Trinajstić information content (AvgIpc) is 2.26. The summed E-state index contributed by atoms with van der Waals surface area (Å²) in [5.41, 5.74) is 0.771. The molecule has 0 aromatic heterocycles. The minimum atomic E-state index is -0.489. The normalized spacial score (nSPS) is 12.1. The van der Waals surface area contributed by atoms with Gasteiger partial charge in [-0.25, -0.2) is 0 Å². The Bertz CT molecular complexity index is 402. The van der Waals surface area contributed by atoms with Gasteiger partial charge in [-0.2, -0.15) is 10.2 Å². The van der Waals surface area contributed by atoms with Gasteiger partial charge >= 0.3 is 0 Å². The summed E-state index contributed by atoms with van der Waals surface area (Å²) in [5.74, 6) is 0. The number of rotatable bonds is 5. The van der Waals surface area contributed by atoms with E-state index in [0.29, 0.717) is 11.6 Å². The molecule has 1 rings (SSSR count). The summed E-state index contributed by atoms with van der Waals surface area (Å²) in [6.45, 7) is 0.685. The van der Waals surface area contributed by atoms with E-state index in [-0.39, 0.29) is 6.54 Å². The lowest BCUT2D eigenvalue weighted by Gasteiger charge is -2.16. The fourth-order valence-corrected chi connectivity index (χ4v) is 1.59. The summed E-state index contributed by atoms with van der Waals surface area (Å²) in [6, 6.07) is 8.57. The highest BCUT2D eigenvalue weighted by Crippen LogP contribution is 2.21. The molecule has 0 spiro atoms. The zero-order chi connectivity index (χ0) is 12.0. The zero-order valence-corrected chi connectivity index (χ0v) is 9.68. The van der Waals surface area contributed by atoms with Crippen LogP contribution in [0.2, 0.25) is 5.02 Å². The Morgan fingerprint density at radius 3 is 2.94 bits per heavy atom. The molecule has 0 aliphatic rings. The Hall–Kier alpha value is -1.44. The second-order valence-corrected chi connectivity index (χ2v) is 3.97. The summed E-state index contributed by atoms with van der Waals surface area (Å²) in [5, 5.41) is 12.2. The number of nitrogens with zero attached hydrogens (tertiary/aromatic N) is 3. The lowest BCUT2D eigenvalue weighted by molar-refractivity contribution is 0.347. The van der Waals surface area contributed by atoms with Gasteiger partial charge in [0.05, 0.1) is 12.6 Å². The van der Waals surface area contributed by atoms with E-state index >= 15 is 0 Å². The Morgan fingerprint density at radius 2 is 2.38 bits per heavy atom. The number of likely N-dealkylation sites (N-methyl/N-ethyl adjacent to an activating group) is 1. The Kier molecular flexibility index (Phi) is 4.90. The summed E-state index contributed by atoms with van der Waals surface area (Å²) in [7, 11) is 1.77. The van der Waals surface area contributed by atoms with Crippen LogP contribution in [0.1, 0.15) is 11.6 Å². The first-order chi connectivity index (χ1) is 7.67. The van der Waals surface area contributed by atoms with E-state index in [9.17, 15) is 4.91 Å². The highest BCUT2D eigenvalue weighted by atomic mass is 35.5. The van der Waals surface area contributed by atoms with Gasteiger partial charge in [0.15, 0.2) is 0 Å². The van der Waals surface area contributed by atoms with Crippen LogP contribution >= 0.6 is 11.6 Å². The van der Waals surface area contributed by atoms with E-state index in [0.717, 1.165) is 5.56 Å². The van der Waals surface area contributed by atoms with Crippen molar-refractivity contribution in [1.82, 2.24) is 4.90 Å². The summed E-state index contributed by atoms with van der Waals surface area (Å²) in [6.07, 6.45) is 0. The van der Waals surface area contributed by atoms with Crippen molar-refractivity contribution in [2.75, 3.05) is 20.1 Å². The molecular weight excluding hydrogens is 226 g/mol. The molecular formula is C11H12ClN3O. The molecule has 1 unspecified atom stereocenters. The van der Waals surface area contributed by atoms with E-state index in [1.54, 1.807) is 36.2 Å². The Labute approximate surface area is 99.4 Å². The maximum atomic E-state index is 10.8. The van der Waals surface area contributed by atoms with Crippen LogP contribution in [-0.2, 0) is 0 Å². The SMILES string of the molecule is CN(CC#N)CC(N=O)c1cccc(Cl)c1. The van der Waals surface area contributed by atoms with Gasteiger partial charge in [-0.05, 0) is 24.7 Å². The number of hydrogen-bond donors (Lipinski definition) is 0. The first-order valence-corrected chi connectivity index (χ1v) is 5.18. The van der Waals surface area contributed by atoms with Gasteiger partial charge in [0, 0.05) is 11.6 Å². The molecule has 4 nitrogen and oxygen atoms in total. The fourth-order valence-electron chi connectivity index (χ4n) is 1.39. The number of nitroso groups, excluding NO2 is 1. The van der Waals surface area contributed by atoms with Gasteiger partial charge in [0.1, 0.15) is 6.04 Å². The Balaban J connectivity index is 2.75. The van der Waals surface area contributed by atoms with Gasteiger partial charge in [-0.15, -0.1) is 0 Å². The molecule has 0 heterocycles. The molecule has 0 bridgehead atoms. The molecule has 0 fully saturated rings. The quantitative estimate of drug-likeness (QED) is 0.584. The maximum absolute atomic E-state index is 10.8. The molecule has 16 heavy (non-hydrogen) atoms. The van der Waals surface area contributed by atoms with Crippen LogP contribution in [-0.4, -0.2) is 25.0 Å². The summed E-state index contributed by atoms with van der Waals surface area (Å²) >= 11 is 5.83. The second-order valence-electron chi connectivity index (χ2n) is 3.53. The van der Waals surface area contributed by atoms with Crippen molar-refractivity contribution in [3.63, 3.8) is 0 Å². The first-order valence-electron chi connectivity index (χ1n) is 4.80. The highest BCUT2D eigenvalue weighted by Gasteiger charge is 2.14. The molecule has 0 amide bonds. The standard InChI is InChI=1S/C11H12ClN3O/c1-15(6-5-13)8-11(14-16)9-3-2-4-10(12)7-9/h2-4,7,11H,6,8H2,1H3. The van der Waals surface area contributed by atoms with E-state index in [1.807, 2.05) is 6.07 Å². The van der Waals surface area contributed by atoms with Crippen molar-refractivity contribution in [2.24, 2.45) is 5.18 Å². The van der Waals surface area contributed by atoms with Crippen molar-refractivity contribution in [2.45, 2.75) is 6.04 Å². The molecule has 0 aliphatic heterocycles. The van der Waals surface area contributed by atoms with E-state index < -0.39 is 6.04 Å². The first kappa shape index (κ1) is 12.6. The fraction of sp³-hybridized carbons (Fsp3) is 0.364. The highest BCUT2D eigenvalue weighted by molar-refractivity contribution is 6.30. The molecule has 0 N–H and O–H groups in total. The second kappa shape index (κ2) is 6.21. The summed E-state index contributed by atoms with van der Waals surface area (Å²) < 4.78 is 0. The van der Waals surface area contributed by atoms with Crippen LogP contribution in [0.25, 0.3) is 0 Å². The molecule has 1 aromatic rings. The topological polar surface area (TPSA) is 56.5 Å². The van der Waals surface area contributed by atoms with Crippen molar-refractivity contribution >= 4 is 11.6 Å². The molecule has 0 saturated heterocycles. The molecule has 1 atom stereocenters. The smallest absolute Gasteiger partial charge is 0.130 e. The van der Waals surface area contributed by atoms with Gasteiger partial charge in [-0.1, -0.05) is 28.9 Å². The minimum absolute atomic E-state index is 0.270. The minimum Gasteiger partial charge on any atom is -0.291 e. The lowest BCUT2D eigenvalue weighted by Crippen LogP contribution is -2.24. The third kappa shape index (κ3) is 3.61. The van der Waals surface area contributed by atoms with Crippen molar-refractivity contribution in [3.8, 4) is 6.07 Å². The molecule has 0 saturated carbocycles. The molecule has 84 valence electrons. The number of hydrogen-bond acceptors (Lipinski definition) is 4. The third-order valence-electron chi connectivity index (χ3n) is 2.19. The predicted molar refractivity (Wildman–Crippen MR) is 63.1 cm³/mol.